The number of ether oxygens (including phenoxy) is 2. The summed E-state index contributed by atoms with van der Waals surface area (Å²) >= 11 is 0. The minimum Gasteiger partial charge on any atom is -0.480 e. The van der Waals surface area contributed by atoms with Crippen molar-refractivity contribution < 1.29 is 82.3 Å². The summed E-state index contributed by atoms with van der Waals surface area (Å²) in [6.45, 7) is 29.5. The van der Waals surface area contributed by atoms with Crippen LogP contribution < -0.4 is 43.0 Å². The second-order valence-electron chi connectivity index (χ2n) is 34.8. The smallest absolute Gasteiger partial charge is 0.408 e. The van der Waals surface area contributed by atoms with Crippen LogP contribution in [0.5, 0.6) is 0 Å². The van der Waals surface area contributed by atoms with Crippen LogP contribution >= 0.6 is 12.4 Å². The number of rotatable bonds is 25. The van der Waals surface area contributed by atoms with Gasteiger partial charge in [0.15, 0.2) is 6.10 Å². The average molecular weight is 1510 g/mol. The summed E-state index contributed by atoms with van der Waals surface area (Å²) in [6, 6.07) is 10.5. The fourth-order valence-electron chi connectivity index (χ4n) is 13.9. The summed E-state index contributed by atoms with van der Waals surface area (Å²) in [5.41, 5.74) is 4.02. The molecule has 11 amide bonds. The lowest BCUT2D eigenvalue weighted by molar-refractivity contribution is -0.152. The van der Waals surface area contributed by atoms with Crippen LogP contribution in [0.2, 0.25) is 0 Å². The van der Waals surface area contributed by atoms with Crippen LogP contribution in [0.1, 0.15) is 173 Å². The molecule has 2 heterocycles. The zero-order valence-electron chi connectivity index (χ0n) is 65.4. The van der Waals surface area contributed by atoms with Gasteiger partial charge in [-0.15, -0.1) is 12.4 Å². The third-order valence-electron chi connectivity index (χ3n) is 20.4. The molecule has 0 bridgehead atoms. The van der Waals surface area contributed by atoms with Gasteiger partial charge in [-0.05, 0) is 117 Å². The Hall–Kier alpha value is -8.15. The number of likely N-dealkylation sites (tertiary alicyclic amines) is 2. The van der Waals surface area contributed by atoms with Gasteiger partial charge in [-0.2, -0.15) is 0 Å². The van der Waals surface area contributed by atoms with E-state index in [9.17, 15) is 72.9 Å². The molecule has 2 aromatic rings. The Morgan fingerprint density at radius 1 is 0.528 bits per heavy atom. The molecule has 8 rings (SSSR count). The number of nitrogens with one attached hydrogen (secondary N) is 7. The molecule has 6 aliphatic rings. The molecule has 29 nitrogen and oxygen atoms in total. The van der Waals surface area contributed by atoms with Gasteiger partial charge in [-0.25, -0.2) is 14.4 Å². The van der Waals surface area contributed by atoms with Gasteiger partial charge in [0, 0.05) is 53.2 Å². The Morgan fingerprint density at radius 3 is 1.22 bits per heavy atom. The summed E-state index contributed by atoms with van der Waals surface area (Å²) in [6.07, 6.45) is 0.398. The molecule has 592 valence electrons. The van der Waals surface area contributed by atoms with Gasteiger partial charge in [0.25, 0.3) is 11.8 Å². The quantitative estimate of drug-likeness (QED) is 0.0648. The molecule has 14 atom stereocenters. The largest absolute Gasteiger partial charge is 0.480 e. The van der Waals surface area contributed by atoms with Crippen molar-refractivity contribution in [2.45, 2.75) is 221 Å². The van der Waals surface area contributed by atoms with Crippen molar-refractivity contribution in [1.82, 2.24) is 56.8 Å². The standard InChI is InChI=1S/C38H58N6O8.C19H28N4O4.C19H32N2O5.ClH/c1-36(2,3)30(42-35(51)52-37(4,5)6)34(50)44-20-23-26(38(23,7)8)28(44)31(47)40-24(18-21-16-17-21)29(46)32(48)39-19-25(45)41-27(33(49)43(9)10)22-14-12-11-13-15-22;1-23(2)19(27)16(13-6-4-3-5-7-13)22-15(24)11-21-18(26)17(25)14(20)10-12-8-9-12;1-17(2,3)13(20-16(25)26-18(4,5)6)14(22)21-9-10-11(19(10,7)8)12(21)15(23)24;/h11-15,21,23-24,26-30,46H,16-20H2,1-10H3,(H,39,48)(H,40,47)(H,41,45)(H,42,51);3-7,12,14,16-17,25H,8-11,20H2,1-2H3,(H,21,26)(H,22,24);10-13H,9H2,1-8H3,(H,20,25)(H,23,24);1H/t23-,24?,26?,27-,28?,29?,30?;14?,16-,17?;10-,11?,12?,13?;/m000./s1. The maximum Gasteiger partial charge on any atom is 0.408 e. The molecule has 0 spiro atoms. The number of halogens is 1. The number of hydrogen-bond donors (Lipinski definition) is 11. The first-order valence-electron chi connectivity index (χ1n) is 36.3. The van der Waals surface area contributed by atoms with Gasteiger partial charge in [0.2, 0.25) is 41.4 Å². The number of benzene rings is 2. The van der Waals surface area contributed by atoms with E-state index in [1.54, 1.807) is 124 Å². The molecular formula is C76H119ClN12O17. The number of nitrogens with two attached hydrogens (primary N) is 1. The number of hydrogen-bond acceptors (Lipinski definition) is 17. The monoisotopic (exact) mass is 1510 g/mol. The number of amides is 11. The molecule has 4 aliphatic carbocycles. The molecule has 2 aliphatic heterocycles. The van der Waals surface area contributed by atoms with E-state index in [-0.39, 0.29) is 77.1 Å². The molecule has 0 radical (unpaired) electrons. The topological polar surface area (TPSA) is 407 Å². The highest BCUT2D eigenvalue weighted by Crippen LogP contribution is 2.66. The number of likely N-dealkylation sites (N-methyl/N-ethyl adjacent to an activating group) is 2. The Balaban J connectivity index is 0.000000314. The number of fused-ring (bicyclic) bond motifs is 2. The Morgan fingerprint density at radius 2 is 0.877 bits per heavy atom. The number of nitrogens with zero attached hydrogens (tertiary/aromatic N) is 4. The van der Waals surface area contributed by atoms with Crippen LogP contribution in [0.25, 0.3) is 0 Å². The summed E-state index contributed by atoms with van der Waals surface area (Å²) in [7, 11) is 6.35. The maximum absolute atomic E-state index is 14.2. The van der Waals surface area contributed by atoms with Gasteiger partial charge >= 0.3 is 18.2 Å². The van der Waals surface area contributed by atoms with E-state index in [2.05, 4.69) is 37.2 Å². The highest BCUT2D eigenvalue weighted by molar-refractivity contribution is 5.96. The predicted octanol–water partition coefficient (Wildman–Crippen LogP) is 4.57. The van der Waals surface area contributed by atoms with E-state index in [1.807, 2.05) is 75.3 Å². The fourth-order valence-corrected chi connectivity index (χ4v) is 13.9. The molecule has 12 N–H and O–H groups in total. The number of piperidine rings is 2. The van der Waals surface area contributed by atoms with Crippen molar-refractivity contribution in [3.8, 4) is 0 Å². The third kappa shape index (κ3) is 23.9. The summed E-state index contributed by atoms with van der Waals surface area (Å²) in [5.74, 6) is -4.85. The van der Waals surface area contributed by atoms with Crippen LogP contribution in [-0.2, 0) is 57.4 Å². The molecule has 10 unspecified atom stereocenters. The molecule has 6 fully saturated rings. The Labute approximate surface area is 630 Å². The van der Waals surface area contributed by atoms with Gasteiger partial charge < -0.3 is 87.3 Å². The number of aliphatic hydroxyl groups is 2. The number of aliphatic carboxylic acids is 1. The zero-order valence-corrected chi connectivity index (χ0v) is 66.2. The zero-order chi connectivity index (χ0) is 79.1. The van der Waals surface area contributed by atoms with Crippen molar-refractivity contribution in [2.24, 2.45) is 62.9 Å². The summed E-state index contributed by atoms with van der Waals surface area (Å²) in [4.78, 5) is 160. The van der Waals surface area contributed by atoms with E-state index in [0.717, 1.165) is 25.7 Å². The van der Waals surface area contributed by atoms with Crippen molar-refractivity contribution in [3.63, 3.8) is 0 Å². The van der Waals surface area contributed by atoms with E-state index in [4.69, 9.17) is 15.2 Å². The fraction of sp³-hybridized carbons (Fsp3) is 0.684. The number of carboxylic acids is 1. The first-order chi connectivity index (χ1) is 48.4. The van der Waals surface area contributed by atoms with Gasteiger partial charge in [0.1, 0.15) is 53.6 Å². The van der Waals surface area contributed by atoms with Crippen LogP contribution in [0.15, 0.2) is 60.7 Å². The van der Waals surface area contributed by atoms with Crippen LogP contribution in [0, 0.1) is 57.2 Å². The lowest BCUT2D eigenvalue weighted by Gasteiger charge is -2.38. The van der Waals surface area contributed by atoms with Gasteiger partial charge in [-0.3, -0.25) is 43.2 Å². The number of carbonyl (C=O) groups is 12. The van der Waals surface area contributed by atoms with Crippen LogP contribution in [0.3, 0.4) is 0 Å². The van der Waals surface area contributed by atoms with Crippen LogP contribution in [-0.4, -0.2) is 220 Å². The second kappa shape index (κ2) is 35.3. The molecular weight excluding hydrogens is 1390 g/mol. The molecule has 106 heavy (non-hydrogen) atoms. The number of alkyl carbamates (subject to hydrolysis) is 2. The maximum atomic E-state index is 14.2. The van der Waals surface area contributed by atoms with E-state index in [0.29, 0.717) is 43.0 Å². The first-order valence-corrected chi connectivity index (χ1v) is 36.3. The van der Waals surface area contributed by atoms with E-state index >= 15 is 0 Å². The Bertz CT molecular complexity index is 3470. The highest BCUT2D eigenvalue weighted by atomic mass is 35.5. The van der Waals surface area contributed by atoms with E-state index < -0.39 is 143 Å². The molecule has 0 aromatic heterocycles. The van der Waals surface area contributed by atoms with Crippen molar-refractivity contribution in [3.05, 3.63) is 71.8 Å². The van der Waals surface area contributed by atoms with Gasteiger partial charge in [0.05, 0.1) is 19.1 Å². The van der Waals surface area contributed by atoms with Crippen molar-refractivity contribution in [1.29, 1.82) is 0 Å². The number of aliphatic hydroxyl groups excluding tert-OH is 2. The van der Waals surface area contributed by atoms with Gasteiger partial charge in [-0.1, -0.05) is 156 Å². The van der Waals surface area contributed by atoms with Crippen molar-refractivity contribution in [2.75, 3.05) is 54.4 Å². The number of carbonyl (C=O) groups excluding carboxylic acids is 11. The van der Waals surface area contributed by atoms with E-state index in [1.165, 1.54) is 19.6 Å². The molecule has 4 saturated carbocycles. The summed E-state index contributed by atoms with van der Waals surface area (Å²) in [5, 5.41) is 49.3. The highest BCUT2D eigenvalue weighted by Gasteiger charge is 2.71. The Kier molecular flexibility index (Phi) is 29.4. The van der Waals surface area contributed by atoms with Crippen molar-refractivity contribution >= 4 is 83.7 Å². The summed E-state index contributed by atoms with van der Waals surface area (Å²) < 4.78 is 10.7. The minimum atomic E-state index is -1.68. The average Bonchev–Trinajstić information content (AvgIpc) is 1.53. The lowest BCUT2D eigenvalue weighted by atomic mass is 9.85. The molecule has 2 aromatic carbocycles. The number of carboxylic acid groups (broad SMARTS) is 1. The normalized spacial score (nSPS) is 22.4. The SMILES string of the molecule is CC(C)(C)OC(=O)NC(C(=O)N1C[C@H]2C(C1C(=O)O)C2(C)C)C(C)(C)C.CN(C)C(=O)[C@@H](NC(=O)CNC(=O)C(O)C(CC1CC1)NC(=O)C1C2[C@H](CN1C(=O)C(NC(=O)OC(C)(C)C)C(C)(C)C)C2(C)C)c1ccccc1.CN(C)C(=O)[C@@H](NC(=O)CNC(=O)C(O)C(N)CC1CC1)c1ccccc1.Cl. The predicted molar refractivity (Wildman–Crippen MR) is 397 cm³/mol. The second-order valence-corrected chi connectivity index (χ2v) is 34.8. The minimum absolute atomic E-state index is 0. The molecule has 2 saturated heterocycles. The van der Waals surface area contributed by atoms with Crippen LogP contribution in [0.4, 0.5) is 9.59 Å². The molecule has 30 heteroatoms. The first kappa shape index (κ1) is 88.5. The lowest BCUT2D eigenvalue weighted by Crippen LogP contribution is -2.61. The third-order valence-corrected chi connectivity index (χ3v) is 20.4.